The first kappa shape index (κ1) is 26.7. The fourth-order valence-corrected chi connectivity index (χ4v) is 5.81. The Hall–Kier alpha value is -3.34. The van der Waals surface area contributed by atoms with E-state index >= 15 is 0 Å². The summed E-state index contributed by atoms with van der Waals surface area (Å²) in [6.07, 6.45) is 0.456. The first-order chi connectivity index (χ1) is 17.3. The van der Waals surface area contributed by atoms with Gasteiger partial charge in [0.05, 0.1) is 6.07 Å². The van der Waals surface area contributed by atoms with Crippen LogP contribution in [0.4, 0.5) is 0 Å². The van der Waals surface area contributed by atoms with Crippen molar-refractivity contribution in [1.29, 1.82) is 5.26 Å². The van der Waals surface area contributed by atoms with Crippen LogP contribution < -0.4 is 10.6 Å². The Labute approximate surface area is 219 Å². The minimum absolute atomic E-state index is 0.0277. The van der Waals surface area contributed by atoms with Gasteiger partial charge in [-0.3, -0.25) is 14.4 Å². The molecule has 8 heteroatoms. The SMILES string of the molecule is CC(C)C[C@H](NC(=O)c1cc2ccccc2[nH]1)C(=O)N1C[C@H]2[C@@H]([C@H]1C(=O)N[C@H](C#N)C(C)(C)C)C2(C)C. The van der Waals surface area contributed by atoms with Gasteiger partial charge >= 0.3 is 0 Å². The van der Waals surface area contributed by atoms with E-state index in [-0.39, 0.29) is 40.9 Å². The maximum absolute atomic E-state index is 13.9. The summed E-state index contributed by atoms with van der Waals surface area (Å²) in [4.78, 5) is 45.4. The molecular formula is C29H39N5O3. The van der Waals surface area contributed by atoms with Gasteiger partial charge in [-0.15, -0.1) is 0 Å². The summed E-state index contributed by atoms with van der Waals surface area (Å²) in [5.41, 5.74) is 0.752. The second-order valence-electron chi connectivity index (χ2n) is 12.8. The summed E-state index contributed by atoms with van der Waals surface area (Å²) in [7, 11) is 0. The number of para-hydroxylation sites is 1. The number of likely N-dealkylation sites (tertiary alicyclic amines) is 1. The van der Waals surface area contributed by atoms with Crippen molar-refractivity contribution in [3.8, 4) is 6.07 Å². The van der Waals surface area contributed by atoms with Gasteiger partial charge in [-0.25, -0.2) is 0 Å². The largest absolute Gasteiger partial charge is 0.351 e. The van der Waals surface area contributed by atoms with Gasteiger partial charge in [-0.05, 0) is 47.1 Å². The molecule has 198 valence electrons. The molecule has 1 aliphatic heterocycles. The number of fused-ring (bicyclic) bond motifs is 2. The topological polar surface area (TPSA) is 118 Å². The normalized spacial score (nSPS) is 23.8. The number of carbonyl (C=O) groups is 3. The van der Waals surface area contributed by atoms with E-state index in [9.17, 15) is 19.6 Å². The summed E-state index contributed by atoms with van der Waals surface area (Å²) in [6, 6.07) is 9.51. The quantitative estimate of drug-likeness (QED) is 0.530. The molecule has 2 aliphatic rings. The molecule has 0 spiro atoms. The zero-order valence-corrected chi connectivity index (χ0v) is 22.9. The first-order valence-corrected chi connectivity index (χ1v) is 13.1. The molecular weight excluding hydrogens is 466 g/mol. The summed E-state index contributed by atoms with van der Waals surface area (Å²) in [5, 5.41) is 16.4. The summed E-state index contributed by atoms with van der Waals surface area (Å²) < 4.78 is 0. The number of piperidine rings is 1. The van der Waals surface area contributed by atoms with E-state index in [2.05, 4.69) is 35.5 Å². The van der Waals surface area contributed by atoms with E-state index in [0.29, 0.717) is 18.7 Å². The zero-order chi connectivity index (χ0) is 27.3. The molecule has 3 N–H and O–H groups in total. The lowest BCUT2D eigenvalue weighted by Crippen LogP contribution is -2.58. The maximum Gasteiger partial charge on any atom is 0.268 e. The lowest BCUT2D eigenvalue weighted by molar-refractivity contribution is -0.142. The van der Waals surface area contributed by atoms with Crippen molar-refractivity contribution in [2.24, 2.45) is 28.6 Å². The Bertz CT molecular complexity index is 1220. The zero-order valence-electron chi connectivity index (χ0n) is 22.9. The second-order valence-corrected chi connectivity index (χ2v) is 12.8. The predicted octanol–water partition coefficient (Wildman–Crippen LogP) is 3.85. The lowest BCUT2D eigenvalue weighted by atomic mass is 9.87. The molecule has 0 bridgehead atoms. The molecule has 37 heavy (non-hydrogen) atoms. The Morgan fingerprint density at radius 1 is 1.19 bits per heavy atom. The van der Waals surface area contributed by atoms with Crippen molar-refractivity contribution in [3.05, 3.63) is 36.0 Å². The van der Waals surface area contributed by atoms with Crippen molar-refractivity contribution < 1.29 is 14.4 Å². The van der Waals surface area contributed by atoms with Crippen molar-refractivity contribution in [3.63, 3.8) is 0 Å². The molecule has 0 radical (unpaired) electrons. The summed E-state index contributed by atoms with van der Waals surface area (Å²) in [5.74, 6) is -0.491. The smallest absolute Gasteiger partial charge is 0.268 e. The average molecular weight is 506 g/mol. The van der Waals surface area contributed by atoms with Crippen LogP contribution in [-0.4, -0.2) is 52.3 Å². The number of aromatic amines is 1. The van der Waals surface area contributed by atoms with Crippen molar-refractivity contribution >= 4 is 28.6 Å². The van der Waals surface area contributed by atoms with Gasteiger partial charge in [0.2, 0.25) is 11.8 Å². The number of H-pyrrole nitrogens is 1. The highest BCUT2D eigenvalue weighted by molar-refractivity contribution is 6.01. The first-order valence-electron chi connectivity index (χ1n) is 13.1. The average Bonchev–Trinajstić information content (AvgIpc) is 3.21. The molecule has 2 aromatic rings. The van der Waals surface area contributed by atoms with Crippen molar-refractivity contribution in [2.75, 3.05) is 6.54 Å². The molecule has 1 aliphatic carbocycles. The molecule has 8 nitrogen and oxygen atoms in total. The van der Waals surface area contributed by atoms with E-state index in [4.69, 9.17) is 0 Å². The van der Waals surface area contributed by atoms with Gasteiger partial charge in [0.15, 0.2) is 0 Å². The summed E-state index contributed by atoms with van der Waals surface area (Å²) >= 11 is 0. The molecule has 2 heterocycles. The van der Waals surface area contributed by atoms with E-state index < -0.39 is 23.5 Å². The Balaban J connectivity index is 1.56. The van der Waals surface area contributed by atoms with Gasteiger partial charge < -0.3 is 20.5 Å². The summed E-state index contributed by atoms with van der Waals surface area (Å²) in [6.45, 7) is 14.4. The molecule has 4 rings (SSSR count). The molecule has 1 aromatic carbocycles. The van der Waals surface area contributed by atoms with Gasteiger partial charge in [0, 0.05) is 17.4 Å². The minimum atomic E-state index is -0.760. The Kier molecular flexibility index (Phi) is 6.87. The number of nitrogens with one attached hydrogen (secondary N) is 3. The number of hydrogen-bond donors (Lipinski definition) is 3. The Morgan fingerprint density at radius 2 is 1.86 bits per heavy atom. The third kappa shape index (κ3) is 5.09. The minimum Gasteiger partial charge on any atom is -0.351 e. The standard InChI is InChI=1S/C29H39N5O3/c1-16(2)12-21(32-25(35)20-13-17-10-8-9-11-19(17)31-20)27(37)34-15-18-23(29(18,6)7)24(34)26(36)33-22(14-30)28(3,4)5/h8-11,13,16,18,21-24,31H,12,15H2,1-7H3,(H,32,35)(H,33,36)/t18-,21-,22+,23-,24-/m0/s1. The fourth-order valence-electron chi connectivity index (χ4n) is 5.81. The van der Waals surface area contributed by atoms with Crippen LogP contribution >= 0.6 is 0 Å². The number of rotatable bonds is 7. The van der Waals surface area contributed by atoms with E-state index in [1.165, 1.54) is 0 Å². The third-order valence-electron chi connectivity index (χ3n) is 8.13. The lowest BCUT2D eigenvalue weighted by Gasteiger charge is -2.35. The van der Waals surface area contributed by atoms with Gasteiger partial charge in [-0.2, -0.15) is 5.26 Å². The molecule has 3 amide bonds. The van der Waals surface area contributed by atoms with Gasteiger partial charge in [0.1, 0.15) is 23.8 Å². The van der Waals surface area contributed by atoms with Crippen LogP contribution in [0, 0.1) is 39.9 Å². The molecule has 0 unspecified atom stereocenters. The van der Waals surface area contributed by atoms with Crippen LogP contribution in [0.15, 0.2) is 30.3 Å². The van der Waals surface area contributed by atoms with Crippen molar-refractivity contribution in [2.45, 2.75) is 73.0 Å². The highest BCUT2D eigenvalue weighted by atomic mass is 16.2. The van der Waals surface area contributed by atoms with Crippen LogP contribution in [0.3, 0.4) is 0 Å². The number of nitriles is 1. The fraction of sp³-hybridized carbons (Fsp3) is 0.586. The van der Waals surface area contributed by atoms with E-state index in [1.807, 2.05) is 58.9 Å². The van der Waals surface area contributed by atoms with Crippen LogP contribution in [0.5, 0.6) is 0 Å². The number of amides is 3. The van der Waals surface area contributed by atoms with Gasteiger partial charge in [0.25, 0.3) is 5.91 Å². The number of hydrogen-bond acceptors (Lipinski definition) is 4. The molecule has 1 saturated heterocycles. The number of carbonyl (C=O) groups excluding carboxylic acids is 3. The van der Waals surface area contributed by atoms with Crippen LogP contribution in [-0.2, 0) is 9.59 Å². The Morgan fingerprint density at radius 3 is 2.46 bits per heavy atom. The number of benzene rings is 1. The van der Waals surface area contributed by atoms with Crippen LogP contribution in [0.1, 0.15) is 65.4 Å². The van der Waals surface area contributed by atoms with E-state index in [1.54, 1.807) is 11.0 Å². The molecule has 5 atom stereocenters. The highest BCUT2D eigenvalue weighted by Crippen LogP contribution is 2.65. The molecule has 1 saturated carbocycles. The number of nitrogens with zero attached hydrogens (tertiary/aromatic N) is 2. The molecule has 2 fully saturated rings. The van der Waals surface area contributed by atoms with Crippen molar-refractivity contribution in [1.82, 2.24) is 20.5 Å². The highest BCUT2D eigenvalue weighted by Gasteiger charge is 2.69. The van der Waals surface area contributed by atoms with E-state index in [0.717, 1.165) is 10.9 Å². The second kappa shape index (κ2) is 9.51. The third-order valence-corrected chi connectivity index (χ3v) is 8.13. The number of aromatic nitrogens is 1. The monoisotopic (exact) mass is 505 g/mol. The van der Waals surface area contributed by atoms with Crippen LogP contribution in [0.25, 0.3) is 10.9 Å². The predicted molar refractivity (Wildman–Crippen MR) is 142 cm³/mol. The van der Waals surface area contributed by atoms with Crippen LogP contribution in [0.2, 0.25) is 0 Å². The molecule has 1 aromatic heterocycles. The van der Waals surface area contributed by atoms with Gasteiger partial charge in [-0.1, -0.05) is 66.7 Å². The maximum atomic E-state index is 13.9.